The van der Waals surface area contributed by atoms with Crippen LogP contribution in [0.3, 0.4) is 0 Å². The maximum Gasteiger partial charge on any atom is 0.188 e. The van der Waals surface area contributed by atoms with Crippen molar-refractivity contribution in [3.05, 3.63) is 65.8 Å². The van der Waals surface area contributed by atoms with Crippen LogP contribution in [0.1, 0.15) is 5.56 Å². The molecule has 3 aromatic heterocycles. The van der Waals surface area contributed by atoms with Crippen LogP contribution in [0.4, 0.5) is 5.82 Å². The number of hydrogen-bond acceptors (Lipinski definition) is 7. The Labute approximate surface area is 159 Å². The number of ether oxygens (including phenoxy) is 1. The van der Waals surface area contributed by atoms with E-state index in [1.807, 2.05) is 30.3 Å². The molecule has 0 bridgehead atoms. The maximum atomic E-state index is 5.88. The summed E-state index contributed by atoms with van der Waals surface area (Å²) in [5.74, 6) is 1.19. The van der Waals surface area contributed by atoms with Crippen molar-refractivity contribution in [1.82, 2.24) is 24.7 Å². The van der Waals surface area contributed by atoms with Gasteiger partial charge in [-0.2, -0.15) is 10.2 Å². The highest BCUT2D eigenvalue weighted by molar-refractivity contribution is 6.29. The third-order valence-electron chi connectivity index (χ3n) is 3.85. The summed E-state index contributed by atoms with van der Waals surface area (Å²) in [7, 11) is 1.62. The van der Waals surface area contributed by atoms with E-state index < -0.39 is 0 Å². The van der Waals surface area contributed by atoms with Gasteiger partial charge in [-0.3, -0.25) is 0 Å². The van der Waals surface area contributed by atoms with Crippen molar-refractivity contribution < 1.29 is 4.74 Å². The summed E-state index contributed by atoms with van der Waals surface area (Å²) >= 11 is 5.88. The van der Waals surface area contributed by atoms with E-state index >= 15 is 0 Å². The fourth-order valence-corrected chi connectivity index (χ4v) is 2.76. The number of nitrogens with zero attached hydrogens (tertiary/aromatic N) is 7. The molecule has 0 saturated carbocycles. The van der Waals surface area contributed by atoms with Gasteiger partial charge in [-0.05, 0) is 29.8 Å². The number of methoxy groups -OCH3 is 1. The van der Waals surface area contributed by atoms with E-state index in [2.05, 4.69) is 30.3 Å². The zero-order chi connectivity index (χ0) is 18.6. The third kappa shape index (κ3) is 3.61. The first kappa shape index (κ1) is 17.0. The van der Waals surface area contributed by atoms with E-state index in [0.717, 1.165) is 17.0 Å². The fraction of sp³-hybridized carbons (Fsp3) is 0.111. The lowest BCUT2D eigenvalue weighted by Crippen LogP contribution is -1.98. The predicted molar refractivity (Wildman–Crippen MR) is 101 cm³/mol. The summed E-state index contributed by atoms with van der Waals surface area (Å²) < 4.78 is 6.98. The van der Waals surface area contributed by atoms with Crippen molar-refractivity contribution in [2.24, 2.45) is 10.2 Å². The number of benzene rings is 1. The van der Waals surface area contributed by atoms with Crippen molar-refractivity contribution in [2.75, 3.05) is 7.11 Å². The van der Waals surface area contributed by atoms with E-state index in [0.29, 0.717) is 28.5 Å². The Morgan fingerprint density at radius 2 is 2.07 bits per heavy atom. The van der Waals surface area contributed by atoms with Gasteiger partial charge in [0.15, 0.2) is 11.5 Å². The number of pyridine rings is 1. The van der Waals surface area contributed by atoms with Crippen LogP contribution in [-0.4, -0.2) is 31.8 Å². The second-order valence-corrected chi connectivity index (χ2v) is 5.97. The molecule has 0 spiro atoms. The average molecular weight is 380 g/mol. The summed E-state index contributed by atoms with van der Waals surface area (Å²) in [5, 5.41) is 14.0. The Morgan fingerprint density at radius 1 is 1.15 bits per heavy atom. The molecule has 0 fully saturated rings. The Bertz CT molecular complexity index is 1130. The van der Waals surface area contributed by atoms with Crippen LogP contribution in [0, 0.1) is 0 Å². The van der Waals surface area contributed by atoms with E-state index in [4.69, 9.17) is 16.3 Å². The van der Waals surface area contributed by atoms with Crippen LogP contribution >= 0.6 is 11.6 Å². The first-order valence-corrected chi connectivity index (χ1v) is 8.43. The lowest BCUT2D eigenvalue weighted by molar-refractivity contribution is 0.414. The average Bonchev–Trinajstić information content (AvgIpc) is 3.13. The summed E-state index contributed by atoms with van der Waals surface area (Å²) in [6.07, 6.45) is 4.75. The molecule has 8 nitrogen and oxygen atoms in total. The van der Waals surface area contributed by atoms with Gasteiger partial charge in [0, 0.05) is 12.3 Å². The number of azo groups is 1. The summed E-state index contributed by atoms with van der Waals surface area (Å²) in [6, 6.07) is 11.1. The van der Waals surface area contributed by atoms with E-state index in [-0.39, 0.29) is 0 Å². The minimum atomic E-state index is 0.373. The minimum absolute atomic E-state index is 0.373. The molecule has 134 valence electrons. The highest BCUT2D eigenvalue weighted by Crippen LogP contribution is 2.25. The fourth-order valence-electron chi connectivity index (χ4n) is 2.57. The molecule has 4 rings (SSSR count). The molecule has 4 aromatic rings. The molecule has 1 aromatic carbocycles. The van der Waals surface area contributed by atoms with Gasteiger partial charge in [0.2, 0.25) is 0 Å². The van der Waals surface area contributed by atoms with Crippen LogP contribution in [-0.2, 0) is 6.54 Å². The SMILES string of the molecule is COc1cccc(-n2ncc3c(N=NCc4ccnc(Cl)c4)ncnc32)c1. The first-order valence-electron chi connectivity index (χ1n) is 8.05. The smallest absolute Gasteiger partial charge is 0.188 e. The van der Waals surface area contributed by atoms with Gasteiger partial charge < -0.3 is 4.74 Å². The molecule has 9 heteroatoms. The number of halogens is 1. The van der Waals surface area contributed by atoms with Gasteiger partial charge in [0.05, 0.1) is 30.9 Å². The topological polar surface area (TPSA) is 90.4 Å². The van der Waals surface area contributed by atoms with Crippen molar-refractivity contribution in [1.29, 1.82) is 0 Å². The molecule has 27 heavy (non-hydrogen) atoms. The second-order valence-electron chi connectivity index (χ2n) is 5.58. The number of fused-ring (bicyclic) bond motifs is 1. The van der Waals surface area contributed by atoms with Gasteiger partial charge in [0.25, 0.3) is 0 Å². The number of aromatic nitrogens is 5. The molecule has 0 N–H and O–H groups in total. The normalized spacial score (nSPS) is 11.3. The molecule has 0 aliphatic carbocycles. The van der Waals surface area contributed by atoms with Gasteiger partial charge in [0.1, 0.15) is 17.2 Å². The van der Waals surface area contributed by atoms with E-state index in [1.165, 1.54) is 6.33 Å². The van der Waals surface area contributed by atoms with Crippen molar-refractivity contribution in [3.8, 4) is 11.4 Å². The van der Waals surface area contributed by atoms with Crippen molar-refractivity contribution >= 4 is 28.5 Å². The van der Waals surface area contributed by atoms with Crippen LogP contribution in [0.25, 0.3) is 16.7 Å². The standard InChI is InChI=1S/C18H14ClN7O/c1-27-14-4-2-3-13(8-14)26-18-15(10-24-26)17(21-11-22-18)25-23-9-12-5-6-20-16(19)7-12/h2-8,10-11H,9H2,1H3. The van der Waals surface area contributed by atoms with Crippen LogP contribution in [0.2, 0.25) is 5.15 Å². The molecule has 0 atom stereocenters. The minimum Gasteiger partial charge on any atom is -0.497 e. The van der Waals surface area contributed by atoms with Crippen LogP contribution < -0.4 is 4.74 Å². The Morgan fingerprint density at radius 3 is 2.93 bits per heavy atom. The predicted octanol–water partition coefficient (Wildman–Crippen LogP) is 4.16. The highest BCUT2D eigenvalue weighted by atomic mass is 35.5. The quantitative estimate of drug-likeness (QED) is 0.383. The van der Waals surface area contributed by atoms with Gasteiger partial charge in [-0.1, -0.05) is 17.7 Å². The summed E-state index contributed by atoms with van der Waals surface area (Å²) in [4.78, 5) is 12.5. The Balaban J connectivity index is 1.65. The largest absolute Gasteiger partial charge is 0.497 e. The monoisotopic (exact) mass is 379 g/mol. The number of hydrogen-bond donors (Lipinski definition) is 0. The molecule has 3 heterocycles. The van der Waals surface area contributed by atoms with E-state index in [1.54, 1.807) is 30.3 Å². The highest BCUT2D eigenvalue weighted by Gasteiger charge is 2.11. The van der Waals surface area contributed by atoms with E-state index in [9.17, 15) is 0 Å². The molecule has 0 aliphatic heterocycles. The maximum absolute atomic E-state index is 5.88. The Hall–Kier alpha value is -3.39. The summed E-state index contributed by atoms with van der Waals surface area (Å²) in [6.45, 7) is 0.373. The number of rotatable bonds is 5. The van der Waals surface area contributed by atoms with Crippen molar-refractivity contribution in [3.63, 3.8) is 0 Å². The van der Waals surface area contributed by atoms with Gasteiger partial charge >= 0.3 is 0 Å². The van der Waals surface area contributed by atoms with Crippen LogP contribution in [0.15, 0.2) is 65.3 Å². The van der Waals surface area contributed by atoms with Crippen molar-refractivity contribution in [2.45, 2.75) is 6.54 Å². The molecule has 0 amide bonds. The third-order valence-corrected chi connectivity index (χ3v) is 4.06. The first-order chi connectivity index (χ1) is 13.2. The van der Waals surface area contributed by atoms with Gasteiger partial charge in [-0.25, -0.2) is 19.6 Å². The summed E-state index contributed by atoms with van der Waals surface area (Å²) in [5.41, 5.74) is 2.38. The molecule has 0 unspecified atom stereocenters. The molecule has 0 radical (unpaired) electrons. The zero-order valence-electron chi connectivity index (χ0n) is 14.3. The lowest BCUT2D eigenvalue weighted by Gasteiger charge is -2.05. The molecule has 0 aliphatic rings. The van der Waals surface area contributed by atoms with Crippen LogP contribution in [0.5, 0.6) is 5.75 Å². The Kier molecular flexibility index (Phi) is 4.71. The molecular formula is C18H14ClN7O. The molecular weight excluding hydrogens is 366 g/mol. The lowest BCUT2D eigenvalue weighted by atomic mass is 10.3. The zero-order valence-corrected chi connectivity index (χ0v) is 15.1. The molecule has 0 saturated heterocycles. The van der Waals surface area contributed by atoms with Gasteiger partial charge in [-0.15, -0.1) is 5.11 Å². The second kappa shape index (κ2) is 7.46.